The van der Waals surface area contributed by atoms with Crippen LogP contribution in [0, 0.1) is 0 Å². The number of rotatable bonds is 16. The summed E-state index contributed by atoms with van der Waals surface area (Å²) in [5.41, 5.74) is 6.79. The summed E-state index contributed by atoms with van der Waals surface area (Å²) in [5.74, 6) is -1.90. The van der Waals surface area contributed by atoms with Crippen molar-refractivity contribution in [1.29, 1.82) is 0 Å². The number of methoxy groups -OCH3 is 1. The smallest absolute Gasteiger partial charge is 0.270 e. The molecule has 1 aliphatic rings. The Balaban J connectivity index is 1.39. The van der Waals surface area contributed by atoms with Crippen LogP contribution in [0.1, 0.15) is 48.2 Å². The van der Waals surface area contributed by atoms with E-state index in [1.807, 2.05) is 18.2 Å². The van der Waals surface area contributed by atoms with Crippen LogP contribution < -0.4 is 21.1 Å². The normalized spacial score (nSPS) is 15.3. The van der Waals surface area contributed by atoms with Crippen LogP contribution in [0.25, 0.3) is 10.9 Å². The van der Waals surface area contributed by atoms with Crippen molar-refractivity contribution in [3.05, 3.63) is 102 Å². The molecule has 14 heteroatoms. The Morgan fingerprint density at radius 3 is 2.30 bits per heavy atom. The highest BCUT2D eigenvalue weighted by molar-refractivity contribution is 7.89. The summed E-state index contributed by atoms with van der Waals surface area (Å²) < 4.78 is 33.7. The highest BCUT2D eigenvalue weighted by atomic mass is 32.2. The van der Waals surface area contributed by atoms with Crippen molar-refractivity contribution < 1.29 is 37.5 Å². The number of nitrogens with zero attached hydrogens (tertiary/aromatic N) is 2. The number of para-hydroxylation sites is 1. The number of fused-ring (bicyclic) bond motifs is 1. The van der Waals surface area contributed by atoms with Crippen LogP contribution in [-0.2, 0) is 30.9 Å². The lowest BCUT2D eigenvalue weighted by molar-refractivity contribution is -0.146. The molecule has 13 nitrogen and oxygen atoms in total. The number of aromatic nitrogens is 1. The van der Waals surface area contributed by atoms with Gasteiger partial charge >= 0.3 is 0 Å². The summed E-state index contributed by atoms with van der Waals surface area (Å²) in [7, 11) is -2.81. The van der Waals surface area contributed by atoms with Crippen LogP contribution in [0.3, 0.4) is 0 Å². The van der Waals surface area contributed by atoms with Gasteiger partial charge in [0, 0.05) is 5.39 Å². The number of hydrogen-bond acceptors (Lipinski definition) is 9. The second-order valence-corrected chi connectivity index (χ2v) is 14.0. The molecule has 0 saturated heterocycles. The van der Waals surface area contributed by atoms with Gasteiger partial charge in [-0.05, 0) is 61.2 Å². The number of ether oxygens (including phenoxy) is 1. The average molecular weight is 704 g/mol. The van der Waals surface area contributed by atoms with Crippen molar-refractivity contribution in [3.63, 3.8) is 0 Å². The molecule has 3 atom stereocenters. The Hall–Kier alpha value is -4.89. The number of primary amides is 1. The minimum Gasteiger partial charge on any atom is -0.497 e. The molecule has 3 aromatic carbocycles. The lowest BCUT2D eigenvalue weighted by atomic mass is 10.00. The summed E-state index contributed by atoms with van der Waals surface area (Å²) in [4.78, 5) is 49.3. The van der Waals surface area contributed by atoms with Gasteiger partial charge < -0.3 is 26.2 Å². The zero-order valence-electron chi connectivity index (χ0n) is 27.6. The molecule has 264 valence electrons. The van der Waals surface area contributed by atoms with E-state index in [1.54, 1.807) is 42.5 Å². The first-order valence-corrected chi connectivity index (χ1v) is 17.8. The SMILES string of the molecule is COc1ccc(S(=O)(=O)N(CC(O)[C@H](Cc2ccccc2)NC(=O)[C@H](CC(N)=O)NC(=O)c2ccc3ccccc3n2)OC2CCCC2)cc1. The number of nitrogens with one attached hydrogen (secondary N) is 2. The molecule has 5 rings (SSSR count). The molecule has 3 amide bonds. The van der Waals surface area contributed by atoms with Gasteiger partial charge in [0.15, 0.2) is 0 Å². The van der Waals surface area contributed by atoms with Crippen LogP contribution >= 0.6 is 0 Å². The number of benzene rings is 3. The number of pyridine rings is 1. The number of sulfonamides is 1. The first kappa shape index (κ1) is 36.4. The summed E-state index contributed by atoms with van der Waals surface area (Å²) in [6.07, 6.45) is 0.706. The van der Waals surface area contributed by atoms with E-state index in [-0.39, 0.29) is 23.1 Å². The molecule has 1 aromatic heterocycles. The topological polar surface area (TPSA) is 190 Å². The molecule has 0 spiro atoms. The van der Waals surface area contributed by atoms with E-state index in [4.69, 9.17) is 15.3 Å². The molecule has 1 aliphatic carbocycles. The fourth-order valence-electron chi connectivity index (χ4n) is 5.77. The second kappa shape index (κ2) is 16.7. The Morgan fingerprint density at radius 1 is 0.940 bits per heavy atom. The Morgan fingerprint density at radius 2 is 1.62 bits per heavy atom. The van der Waals surface area contributed by atoms with E-state index in [0.717, 1.165) is 28.3 Å². The van der Waals surface area contributed by atoms with Gasteiger partial charge in [-0.1, -0.05) is 71.9 Å². The van der Waals surface area contributed by atoms with Crippen molar-refractivity contribution in [3.8, 4) is 5.75 Å². The Labute approximate surface area is 290 Å². The highest BCUT2D eigenvalue weighted by Crippen LogP contribution is 2.27. The van der Waals surface area contributed by atoms with Gasteiger partial charge in [-0.2, -0.15) is 0 Å². The third-order valence-corrected chi connectivity index (χ3v) is 10.1. The zero-order chi connectivity index (χ0) is 35.7. The zero-order valence-corrected chi connectivity index (χ0v) is 28.4. The largest absolute Gasteiger partial charge is 0.497 e. The van der Waals surface area contributed by atoms with Gasteiger partial charge in [-0.15, -0.1) is 0 Å². The number of hydroxylamine groups is 1. The molecule has 5 N–H and O–H groups in total. The number of carbonyl (C=O) groups excluding carboxylic acids is 3. The minimum absolute atomic E-state index is 0.0234. The molecule has 4 aromatic rings. The maximum absolute atomic E-state index is 13.9. The molecular formula is C36H41N5O8S. The highest BCUT2D eigenvalue weighted by Gasteiger charge is 2.35. The molecule has 0 radical (unpaired) electrons. The van der Waals surface area contributed by atoms with Crippen molar-refractivity contribution in [1.82, 2.24) is 20.1 Å². The lowest BCUT2D eigenvalue weighted by Gasteiger charge is -2.31. The van der Waals surface area contributed by atoms with E-state index >= 15 is 0 Å². The van der Waals surface area contributed by atoms with Crippen LogP contribution in [0.4, 0.5) is 0 Å². The van der Waals surface area contributed by atoms with Crippen molar-refractivity contribution in [2.24, 2.45) is 5.73 Å². The van der Waals surface area contributed by atoms with Gasteiger partial charge in [-0.25, -0.2) is 13.4 Å². The molecule has 50 heavy (non-hydrogen) atoms. The fourth-order valence-corrected chi connectivity index (χ4v) is 7.07. The van der Waals surface area contributed by atoms with Crippen LogP contribution in [0.5, 0.6) is 5.75 Å². The van der Waals surface area contributed by atoms with E-state index in [1.165, 1.54) is 37.4 Å². The maximum atomic E-state index is 13.9. The predicted octanol–water partition coefficient (Wildman–Crippen LogP) is 2.87. The number of nitrogens with two attached hydrogens (primary N) is 1. The summed E-state index contributed by atoms with van der Waals surface area (Å²) in [6.45, 7) is -0.531. The first-order chi connectivity index (χ1) is 24.0. The standard InChI is InChI=1S/C36H41N5O8S/c1-48-26-16-18-28(19-17-26)50(46,47)41(49-27-12-6-7-13-27)23-33(42)31(21-24-9-3-2-4-10-24)39-36(45)32(22-34(37)43)40-35(44)30-20-15-25-11-5-8-14-29(25)38-30/h2-5,8-11,14-20,27,31-33,42H,6-7,12-13,21-23H2,1H3,(H2,37,43)(H,39,45)(H,40,44)/t31-,32-,33?/m0/s1. The predicted molar refractivity (Wildman–Crippen MR) is 185 cm³/mol. The van der Waals surface area contributed by atoms with Gasteiger partial charge in [0.1, 0.15) is 17.5 Å². The number of amides is 3. The van der Waals surface area contributed by atoms with Crippen molar-refractivity contribution in [2.75, 3.05) is 13.7 Å². The third kappa shape index (κ3) is 9.41. The van der Waals surface area contributed by atoms with E-state index < -0.39 is 58.9 Å². The second-order valence-electron chi connectivity index (χ2n) is 12.1. The number of aliphatic hydroxyl groups is 1. The molecule has 1 saturated carbocycles. The Bertz CT molecular complexity index is 1890. The summed E-state index contributed by atoms with van der Waals surface area (Å²) in [6, 6.07) is 22.7. The molecule has 0 bridgehead atoms. The van der Waals surface area contributed by atoms with Gasteiger partial charge in [-0.3, -0.25) is 19.2 Å². The lowest BCUT2D eigenvalue weighted by Crippen LogP contribution is -2.56. The minimum atomic E-state index is -4.28. The monoisotopic (exact) mass is 703 g/mol. The quantitative estimate of drug-likeness (QED) is 0.127. The first-order valence-electron chi connectivity index (χ1n) is 16.3. The Kier molecular flexibility index (Phi) is 12.1. The van der Waals surface area contributed by atoms with Crippen molar-refractivity contribution >= 4 is 38.6 Å². The van der Waals surface area contributed by atoms with E-state index in [2.05, 4.69) is 15.6 Å². The van der Waals surface area contributed by atoms with Crippen LogP contribution in [0.15, 0.2) is 95.9 Å². The molecule has 1 fully saturated rings. The average Bonchev–Trinajstić information content (AvgIpc) is 3.64. The van der Waals surface area contributed by atoms with Crippen LogP contribution in [-0.4, -0.2) is 78.6 Å². The summed E-state index contributed by atoms with van der Waals surface area (Å²) in [5, 5.41) is 17.8. The van der Waals surface area contributed by atoms with Gasteiger partial charge in [0.05, 0.1) is 48.7 Å². The molecule has 1 heterocycles. The number of carbonyl (C=O) groups is 3. The van der Waals surface area contributed by atoms with Gasteiger partial charge in [0.25, 0.3) is 15.9 Å². The fraction of sp³-hybridized carbons (Fsp3) is 0.333. The molecule has 0 aliphatic heterocycles. The van der Waals surface area contributed by atoms with Crippen molar-refractivity contribution in [2.45, 2.75) is 67.7 Å². The van der Waals surface area contributed by atoms with Gasteiger partial charge in [0.2, 0.25) is 11.8 Å². The third-order valence-electron chi connectivity index (χ3n) is 8.48. The van der Waals surface area contributed by atoms with E-state index in [0.29, 0.717) is 24.1 Å². The number of hydrogen-bond donors (Lipinski definition) is 4. The molecular weight excluding hydrogens is 662 g/mol. The van der Waals surface area contributed by atoms with Crippen LogP contribution in [0.2, 0.25) is 0 Å². The maximum Gasteiger partial charge on any atom is 0.270 e. The summed E-state index contributed by atoms with van der Waals surface area (Å²) >= 11 is 0. The number of aliphatic hydroxyl groups excluding tert-OH is 1. The van der Waals surface area contributed by atoms with E-state index in [9.17, 15) is 27.9 Å². The molecule has 1 unspecified atom stereocenters.